The molecule has 0 aliphatic heterocycles. The summed E-state index contributed by atoms with van der Waals surface area (Å²) in [5.41, 5.74) is 2.36. The summed E-state index contributed by atoms with van der Waals surface area (Å²) in [5.74, 6) is -0.648. The topological polar surface area (TPSA) is 105 Å². The van der Waals surface area contributed by atoms with Crippen LogP contribution in [0.2, 0.25) is 10.0 Å². The first kappa shape index (κ1) is 35.0. The number of benzene rings is 2. The second kappa shape index (κ2) is 14.5. The smallest absolute Gasteiger partial charge is 0.128 e. The molecule has 0 heterocycles. The van der Waals surface area contributed by atoms with Crippen LogP contribution >= 0.6 is 23.2 Å². The third kappa shape index (κ3) is 10.5. The van der Waals surface area contributed by atoms with Crippen molar-refractivity contribution in [3.8, 4) is 11.5 Å². The van der Waals surface area contributed by atoms with Crippen molar-refractivity contribution in [3.05, 3.63) is 56.6 Å². The van der Waals surface area contributed by atoms with E-state index >= 15 is 0 Å². The van der Waals surface area contributed by atoms with Gasteiger partial charge < -0.3 is 20.1 Å². The van der Waals surface area contributed by atoms with Crippen molar-refractivity contribution in [1.82, 2.24) is 0 Å². The fourth-order valence-corrected chi connectivity index (χ4v) is 4.83. The van der Waals surface area contributed by atoms with Gasteiger partial charge in [-0.1, -0.05) is 77.6 Å². The minimum absolute atomic E-state index is 0. The molecule has 2 aromatic rings. The number of rotatable bonds is 4. The van der Waals surface area contributed by atoms with E-state index < -0.39 is 5.97 Å². The normalized spacial score (nSPS) is 18.0. The van der Waals surface area contributed by atoms with Gasteiger partial charge in [-0.15, -0.1) is 0 Å². The first-order chi connectivity index (χ1) is 17.5. The Balaban J connectivity index is 0.00000142. The molecule has 1 saturated carbocycles. The van der Waals surface area contributed by atoms with Gasteiger partial charge in [0.1, 0.15) is 11.5 Å². The van der Waals surface area contributed by atoms with Crippen molar-refractivity contribution >= 4 is 41.6 Å². The standard InChI is InChI=1S/C28H36Cl2N2O2.C2H4O2.Mn/c1-27(2,3)21-13-19(29)11-17(25(21)33)15-31-23-9-7-8-10-24(23)32-16-18-12-20(30)14-22(26(18)34)28(4,5)6;1-2(3)4;/h11-16,23-24,33-34H,7-10H2,1-6H3;1H3,(H,3,4);/p-1. The number of carbonyl (C=O) groups excluding carboxylic acids is 1. The fourth-order valence-electron chi connectivity index (χ4n) is 4.37. The van der Waals surface area contributed by atoms with Crippen LogP contribution in [-0.2, 0) is 32.7 Å². The molecule has 215 valence electrons. The molecule has 9 heteroatoms. The molecule has 6 nitrogen and oxygen atoms in total. The summed E-state index contributed by atoms with van der Waals surface area (Å²) in [6.45, 7) is 13.2. The van der Waals surface area contributed by atoms with Gasteiger partial charge in [0.25, 0.3) is 0 Å². The number of phenols is 2. The van der Waals surface area contributed by atoms with Gasteiger partial charge in [0, 0.05) is 67.8 Å². The molecule has 1 aliphatic rings. The third-order valence-corrected chi connectivity index (χ3v) is 6.76. The van der Waals surface area contributed by atoms with Crippen LogP contribution in [0.4, 0.5) is 0 Å². The van der Waals surface area contributed by atoms with Crippen LogP contribution in [0.1, 0.15) is 96.4 Å². The molecule has 2 atom stereocenters. The predicted molar refractivity (Wildman–Crippen MR) is 156 cm³/mol. The minimum atomic E-state index is -1.08. The molecule has 2 aromatic carbocycles. The Morgan fingerprint density at radius 1 is 0.821 bits per heavy atom. The maximum atomic E-state index is 10.8. The van der Waals surface area contributed by atoms with Gasteiger partial charge in [-0.2, -0.15) is 0 Å². The minimum Gasteiger partial charge on any atom is -0.550 e. The zero-order valence-corrected chi connectivity index (χ0v) is 26.4. The zero-order chi connectivity index (χ0) is 28.8. The Morgan fingerprint density at radius 3 is 1.41 bits per heavy atom. The molecule has 0 saturated heterocycles. The van der Waals surface area contributed by atoms with Crippen LogP contribution < -0.4 is 5.11 Å². The molecule has 1 radical (unpaired) electrons. The number of carboxylic acid groups (broad SMARTS) is 1. The van der Waals surface area contributed by atoms with Crippen LogP contribution in [-0.4, -0.2) is 40.7 Å². The summed E-state index contributed by atoms with van der Waals surface area (Å²) in [6, 6.07) is 7.09. The molecule has 0 spiro atoms. The summed E-state index contributed by atoms with van der Waals surface area (Å²) in [6.07, 6.45) is 7.45. The van der Waals surface area contributed by atoms with Gasteiger partial charge in [-0.25, -0.2) is 0 Å². The molecule has 1 aliphatic carbocycles. The van der Waals surface area contributed by atoms with Crippen molar-refractivity contribution in [3.63, 3.8) is 0 Å². The number of aliphatic imine (C=N–C) groups is 2. The monoisotopic (exact) mass is 616 g/mol. The van der Waals surface area contributed by atoms with Crippen LogP contribution in [0.25, 0.3) is 0 Å². The number of hydrogen-bond donors (Lipinski definition) is 2. The van der Waals surface area contributed by atoms with Crippen LogP contribution in [0.5, 0.6) is 11.5 Å². The summed E-state index contributed by atoms with van der Waals surface area (Å²) in [5, 5.41) is 31.7. The van der Waals surface area contributed by atoms with Crippen molar-refractivity contribution < 1.29 is 37.2 Å². The van der Waals surface area contributed by atoms with Gasteiger partial charge in [0.15, 0.2) is 0 Å². The Morgan fingerprint density at radius 2 is 1.13 bits per heavy atom. The number of nitrogens with zero attached hydrogens (tertiary/aromatic N) is 2. The van der Waals surface area contributed by atoms with Gasteiger partial charge in [0.05, 0.1) is 12.1 Å². The molecule has 1 fully saturated rings. The largest absolute Gasteiger partial charge is 0.550 e. The van der Waals surface area contributed by atoms with E-state index in [0.29, 0.717) is 21.2 Å². The number of carboxylic acids is 1. The first-order valence-corrected chi connectivity index (χ1v) is 13.6. The number of aliphatic carboxylic acids is 1. The summed E-state index contributed by atoms with van der Waals surface area (Å²) >= 11 is 12.7. The Labute approximate surface area is 253 Å². The molecule has 0 amide bonds. The Kier molecular flexibility index (Phi) is 13.0. The number of hydrogen-bond acceptors (Lipinski definition) is 6. The Bertz CT molecular complexity index is 1110. The van der Waals surface area contributed by atoms with E-state index in [1.54, 1.807) is 24.6 Å². The molecule has 0 bridgehead atoms. The van der Waals surface area contributed by atoms with Crippen molar-refractivity contribution in [2.45, 2.75) is 97.1 Å². The van der Waals surface area contributed by atoms with Crippen LogP contribution in [0, 0.1) is 0 Å². The Hall–Kier alpha value is -2.05. The average Bonchev–Trinajstić information content (AvgIpc) is 2.78. The SMILES string of the molecule is CC(=O)[O-].CC(C)(C)c1cc(Cl)cc(C=NC2CCCCC2N=Cc2cc(Cl)cc(C(C)(C)C)c2O)c1O.[Mn]. The average molecular weight is 617 g/mol. The summed E-state index contributed by atoms with van der Waals surface area (Å²) in [7, 11) is 0. The van der Waals surface area contributed by atoms with E-state index in [9.17, 15) is 10.2 Å². The van der Waals surface area contributed by atoms with E-state index in [-0.39, 0.29) is 51.5 Å². The van der Waals surface area contributed by atoms with Crippen molar-refractivity contribution in [2.75, 3.05) is 0 Å². The molecule has 39 heavy (non-hydrogen) atoms. The third-order valence-electron chi connectivity index (χ3n) is 6.33. The number of carbonyl (C=O) groups is 1. The number of phenolic OH excluding ortho intramolecular Hbond substituents is 2. The molecule has 3 rings (SSSR count). The van der Waals surface area contributed by atoms with E-state index in [4.69, 9.17) is 43.1 Å². The molecular formula is C30H39Cl2MnN2O4-. The van der Waals surface area contributed by atoms with Crippen LogP contribution in [0.15, 0.2) is 34.3 Å². The summed E-state index contributed by atoms with van der Waals surface area (Å²) in [4.78, 5) is 18.5. The molecule has 2 unspecified atom stereocenters. The fraction of sp³-hybridized carbons (Fsp3) is 0.500. The second-order valence-corrected chi connectivity index (χ2v) is 12.6. The molecule has 0 aromatic heterocycles. The van der Waals surface area contributed by atoms with Crippen molar-refractivity contribution in [2.24, 2.45) is 9.98 Å². The predicted octanol–water partition coefficient (Wildman–Crippen LogP) is 6.60. The van der Waals surface area contributed by atoms with Gasteiger partial charge in [-0.05, 0) is 54.9 Å². The van der Waals surface area contributed by atoms with E-state index in [1.165, 1.54) is 0 Å². The maximum absolute atomic E-state index is 10.8. The second-order valence-electron chi connectivity index (χ2n) is 11.7. The summed E-state index contributed by atoms with van der Waals surface area (Å²) < 4.78 is 0. The van der Waals surface area contributed by atoms with E-state index in [1.807, 2.05) is 53.7 Å². The van der Waals surface area contributed by atoms with Gasteiger partial charge >= 0.3 is 0 Å². The first-order valence-electron chi connectivity index (χ1n) is 12.8. The van der Waals surface area contributed by atoms with Gasteiger partial charge in [0.2, 0.25) is 0 Å². The van der Waals surface area contributed by atoms with Crippen molar-refractivity contribution in [1.29, 1.82) is 0 Å². The zero-order valence-electron chi connectivity index (χ0n) is 23.7. The molecule has 2 N–H and O–H groups in total. The van der Waals surface area contributed by atoms with Gasteiger partial charge in [-0.3, -0.25) is 9.98 Å². The van der Waals surface area contributed by atoms with Crippen LogP contribution in [0.3, 0.4) is 0 Å². The van der Waals surface area contributed by atoms with E-state index in [2.05, 4.69) is 0 Å². The van der Waals surface area contributed by atoms with E-state index in [0.717, 1.165) is 43.7 Å². The maximum Gasteiger partial charge on any atom is 0.128 e. The molecular weight excluding hydrogens is 578 g/mol. The number of aromatic hydroxyl groups is 2. The quantitative estimate of drug-likeness (QED) is 0.298. The number of halogens is 2.